The number of carbonyl (C=O) groups excluding carboxylic acids is 2. The first-order chi connectivity index (χ1) is 5.52. The van der Waals surface area contributed by atoms with Crippen molar-refractivity contribution in [2.45, 2.75) is 20.8 Å². The molecule has 0 aromatic heterocycles. The van der Waals surface area contributed by atoms with E-state index in [4.69, 9.17) is 9.90 Å². The summed E-state index contributed by atoms with van der Waals surface area (Å²) in [5, 5.41) is 9.75. The number of aliphatic carboxylic acids is 1. The van der Waals surface area contributed by atoms with Gasteiger partial charge in [-0.2, -0.15) is 0 Å². The van der Waals surface area contributed by atoms with Crippen molar-refractivity contribution in [1.29, 1.82) is 0 Å². The number of nitrogens with one attached hydrogen (secondary N) is 1. The summed E-state index contributed by atoms with van der Waals surface area (Å²) < 4.78 is 4.10. The summed E-state index contributed by atoms with van der Waals surface area (Å²) in [6.07, 6.45) is -0.354. The molecular formula is C7H14KNO5. The van der Waals surface area contributed by atoms with Gasteiger partial charge in [-0.15, -0.1) is 0 Å². The Balaban J connectivity index is -0.0000000779. The Morgan fingerprint density at radius 2 is 2.00 bits per heavy atom. The van der Waals surface area contributed by atoms with Crippen molar-refractivity contribution in [2.24, 2.45) is 0 Å². The molecule has 1 saturated heterocycles. The zero-order valence-electron chi connectivity index (χ0n) is 8.49. The van der Waals surface area contributed by atoms with Crippen molar-refractivity contribution in [1.82, 2.24) is 5.32 Å². The van der Waals surface area contributed by atoms with Gasteiger partial charge in [-0.1, -0.05) is 7.43 Å². The van der Waals surface area contributed by atoms with Crippen molar-refractivity contribution in [3.05, 3.63) is 0 Å². The topological polar surface area (TPSA) is 92.7 Å². The molecule has 7 heteroatoms. The SMILES string of the molecule is C.CC(=O)O.O=C1CCNC(=O)O1.[H-].[K+]. The average molecular weight is 231 g/mol. The molecule has 0 unspecified atom stereocenters. The maximum atomic E-state index is 10.2. The molecule has 1 heterocycles. The molecule has 0 bridgehead atoms. The Kier molecular flexibility index (Phi) is 15.6. The van der Waals surface area contributed by atoms with Crippen LogP contribution in [0.1, 0.15) is 22.2 Å². The Bertz CT molecular complexity index is 194. The van der Waals surface area contributed by atoms with E-state index in [1.165, 1.54) is 0 Å². The Labute approximate surface area is 126 Å². The second-order valence-corrected chi connectivity index (χ2v) is 1.96. The summed E-state index contributed by atoms with van der Waals surface area (Å²) in [7, 11) is 0. The number of ether oxygens (including phenoxy) is 1. The van der Waals surface area contributed by atoms with Crippen molar-refractivity contribution < 1.29 is 77.0 Å². The molecule has 6 nitrogen and oxygen atoms in total. The second kappa shape index (κ2) is 11.1. The van der Waals surface area contributed by atoms with Crippen LogP contribution in [0.25, 0.3) is 0 Å². The Morgan fingerprint density at radius 3 is 2.21 bits per heavy atom. The number of amides is 1. The molecule has 0 aliphatic carbocycles. The summed E-state index contributed by atoms with van der Waals surface area (Å²) in [6.45, 7) is 1.48. The molecule has 0 radical (unpaired) electrons. The number of hydrogen-bond acceptors (Lipinski definition) is 4. The van der Waals surface area contributed by atoms with E-state index in [0.717, 1.165) is 6.92 Å². The zero-order valence-corrected chi connectivity index (χ0v) is 10.6. The van der Waals surface area contributed by atoms with E-state index < -0.39 is 18.0 Å². The molecule has 0 saturated carbocycles. The Morgan fingerprint density at radius 1 is 1.57 bits per heavy atom. The van der Waals surface area contributed by atoms with Gasteiger partial charge in [0.05, 0.1) is 6.42 Å². The summed E-state index contributed by atoms with van der Waals surface area (Å²) in [4.78, 5) is 29.3. The van der Waals surface area contributed by atoms with E-state index in [1.807, 2.05) is 0 Å². The van der Waals surface area contributed by atoms with Gasteiger partial charge >= 0.3 is 63.4 Å². The maximum Gasteiger partial charge on any atom is 1.00 e. The van der Waals surface area contributed by atoms with Crippen LogP contribution in [0.4, 0.5) is 4.79 Å². The summed E-state index contributed by atoms with van der Waals surface area (Å²) in [6, 6.07) is 0. The largest absolute Gasteiger partial charge is 1.00 e. The van der Waals surface area contributed by atoms with Crippen LogP contribution in [-0.4, -0.2) is 29.7 Å². The quantitative estimate of drug-likeness (QED) is 0.273. The minimum atomic E-state index is -0.833. The predicted molar refractivity (Wildman–Crippen MR) is 45.3 cm³/mol. The average Bonchev–Trinajstić information content (AvgIpc) is 1.84. The molecule has 1 fully saturated rings. The van der Waals surface area contributed by atoms with Gasteiger partial charge in [0, 0.05) is 13.5 Å². The first-order valence-corrected chi connectivity index (χ1v) is 3.20. The van der Waals surface area contributed by atoms with E-state index >= 15 is 0 Å². The molecule has 0 aromatic rings. The molecule has 78 valence electrons. The molecule has 1 amide bonds. The third-order valence-corrected chi connectivity index (χ3v) is 0.805. The van der Waals surface area contributed by atoms with Gasteiger partial charge in [-0.3, -0.25) is 9.59 Å². The smallest absolute Gasteiger partial charge is 1.00 e. The summed E-state index contributed by atoms with van der Waals surface area (Å²) in [5.74, 6) is -1.28. The minimum absolute atomic E-state index is 0. The van der Waals surface area contributed by atoms with E-state index in [2.05, 4.69) is 10.1 Å². The molecule has 14 heavy (non-hydrogen) atoms. The van der Waals surface area contributed by atoms with Gasteiger partial charge in [0.2, 0.25) is 0 Å². The third kappa shape index (κ3) is 14.6. The van der Waals surface area contributed by atoms with E-state index in [9.17, 15) is 9.59 Å². The van der Waals surface area contributed by atoms with Crippen LogP contribution < -0.4 is 56.7 Å². The minimum Gasteiger partial charge on any atom is -1.00 e. The van der Waals surface area contributed by atoms with Crippen LogP contribution in [0.2, 0.25) is 0 Å². The number of cyclic esters (lactones) is 2. The number of hydrogen-bond donors (Lipinski definition) is 2. The maximum absolute atomic E-state index is 10.2. The van der Waals surface area contributed by atoms with Gasteiger partial charge in [0.1, 0.15) is 0 Å². The molecule has 1 aliphatic heterocycles. The first kappa shape index (κ1) is 19.6. The fourth-order valence-electron chi connectivity index (χ4n) is 0.457. The number of carbonyl (C=O) groups is 3. The van der Waals surface area contributed by atoms with Crippen molar-refractivity contribution in [2.75, 3.05) is 6.54 Å². The monoisotopic (exact) mass is 231 g/mol. The van der Waals surface area contributed by atoms with E-state index in [0.29, 0.717) is 6.54 Å². The van der Waals surface area contributed by atoms with Crippen molar-refractivity contribution in [3.8, 4) is 0 Å². The first-order valence-electron chi connectivity index (χ1n) is 3.20. The van der Waals surface area contributed by atoms with Crippen molar-refractivity contribution in [3.63, 3.8) is 0 Å². The zero-order chi connectivity index (χ0) is 9.56. The Hall–Kier alpha value is 0.0464. The molecule has 0 spiro atoms. The number of carboxylic acid groups (broad SMARTS) is 1. The number of esters is 1. The van der Waals surface area contributed by atoms with Crippen LogP contribution in [0.5, 0.6) is 0 Å². The normalized spacial score (nSPS) is 12.9. The standard InChI is InChI=1S/C4H5NO3.C2H4O2.CH4.K.H/c6-3-1-2-5-4(7)8-3;1-2(3)4;;;/h1-2H2,(H,5,7);1H3,(H,3,4);1H4;;/q;;;+1;-1. The number of carboxylic acids is 1. The van der Waals surface area contributed by atoms with Crippen molar-refractivity contribution >= 4 is 18.0 Å². The molecule has 0 aromatic carbocycles. The third-order valence-electron chi connectivity index (χ3n) is 0.805. The summed E-state index contributed by atoms with van der Waals surface area (Å²) >= 11 is 0. The predicted octanol–water partition coefficient (Wildman–Crippen LogP) is -2.51. The van der Waals surface area contributed by atoms with Gasteiger partial charge in [0.25, 0.3) is 5.97 Å². The molecule has 2 N–H and O–H groups in total. The number of alkyl carbamates (subject to hydrolysis) is 1. The van der Waals surface area contributed by atoms with E-state index in [-0.39, 0.29) is 66.7 Å². The number of rotatable bonds is 0. The molecule has 1 rings (SSSR count). The van der Waals surface area contributed by atoms with Crippen LogP contribution in [0.15, 0.2) is 0 Å². The van der Waals surface area contributed by atoms with Crippen LogP contribution in [0, 0.1) is 0 Å². The van der Waals surface area contributed by atoms with E-state index in [1.54, 1.807) is 0 Å². The van der Waals surface area contributed by atoms with Gasteiger partial charge < -0.3 is 16.6 Å². The fraction of sp³-hybridized carbons (Fsp3) is 0.571. The molecule has 1 aliphatic rings. The summed E-state index contributed by atoms with van der Waals surface area (Å²) in [5.41, 5.74) is 0. The molecule has 0 atom stereocenters. The van der Waals surface area contributed by atoms with Gasteiger partial charge in [-0.05, 0) is 0 Å². The second-order valence-electron chi connectivity index (χ2n) is 1.96. The van der Waals surface area contributed by atoms with Gasteiger partial charge in [0.15, 0.2) is 0 Å². The van der Waals surface area contributed by atoms with Crippen LogP contribution in [-0.2, 0) is 14.3 Å². The molecular weight excluding hydrogens is 217 g/mol. The fourth-order valence-corrected chi connectivity index (χ4v) is 0.457. The van der Waals surface area contributed by atoms with Crippen LogP contribution >= 0.6 is 0 Å². The van der Waals surface area contributed by atoms with Gasteiger partial charge in [-0.25, -0.2) is 4.79 Å². The van der Waals surface area contributed by atoms with Crippen LogP contribution in [0.3, 0.4) is 0 Å².